The van der Waals surface area contributed by atoms with Crippen molar-refractivity contribution >= 4 is 17.3 Å². The third-order valence-corrected chi connectivity index (χ3v) is 5.26. The first-order chi connectivity index (χ1) is 16.3. The van der Waals surface area contributed by atoms with E-state index in [-0.39, 0.29) is 18.8 Å². The van der Waals surface area contributed by atoms with Gasteiger partial charge in [-0.3, -0.25) is 15.7 Å². The fourth-order valence-electron chi connectivity index (χ4n) is 3.64. The molecule has 3 heterocycles. The average Bonchev–Trinajstić information content (AvgIpc) is 3.16. The van der Waals surface area contributed by atoms with Crippen LogP contribution in [0.3, 0.4) is 0 Å². The summed E-state index contributed by atoms with van der Waals surface area (Å²) in [4.78, 5) is 16.8. The fourth-order valence-corrected chi connectivity index (χ4v) is 3.64. The zero-order chi connectivity index (χ0) is 24.2. The van der Waals surface area contributed by atoms with Crippen LogP contribution in [0.5, 0.6) is 17.2 Å². The number of anilines is 2. The molecular weight excluding hydrogens is 418 g/mol. The Morgan fingerprint density at radius 1 is 1.53 bits per heavy atom. The molecule has 2 unspecified atom stereocenters. The Morgan fingerprint density at radius 2 is 2.41 bits per heavy atom. The molecule has 172 valence electrons. The van der Waals surface area contributed by atoms with Gasteiger partial charge in [0.15, 0.2) is 17.3 Å². The lowest BCUT2D eigenvalue weighted by atomic mass is 10.2. The number of aliphatic hydroxyl groups excluding tert-OH is 1. The molecule has 11 nitrogen and oxygen atoms in total. The Hall–Kier alpha value is -3.15. The van der Waals surface area contributed by atoms with Crippen molar-refractivity contribution in [2.24, 2.45) is 5.73 Å². The Morgan fingerprint density at radius 3 is 3.22 bits per heavy atom. The minimum Gasteiger partial charge on any atom is -0.491 e. The molecule has 2 aromatic rings. The molecule has 0 aliphatic carbocycles. The summed E-state index contributed by atoms with van der Waals surface area (Å²) in [7, 11) is -1.49. The van der Waals surface area contributed by atoms with Crippen molar-refractivity contribution in [3.8, 4) is 17.2 Å². The number of para-hydroxylation sites is 1. The van der Waals surface area contributed by atoms with E-state index in [2.05, 4.69) is 10.3 Å². The van der Waals surface area contributed by atoms with E-state index in [1.54, 1.807) is 18.2 Å². The van der Waals surface area contributed by atoms with E-state index in [0.29, 0.717) is 41.8 Å². The van der Waals surface area contributed by atoms with E-state index in [0.717, 1.165) is 12.8 Å². The first kappa shape index (κ1) is 19.5. The second kappa shape index (κ2) is 9.55. The van der Waals surface area contributed by atoms with Gasteiger partial charge in [0.05, 0.1) is 28.3 Å². The van der Waals surface area contributed by atoms with Crippen LogP contribution in [-0.2, 0) is 9.47 Å². The molecule has 0 radical (unpaired) electrons. The highest BCUT2D eigenvalue weighted by molar-refractivity contribution is 5.77. The van der Waals surface area contributed by atoms with Gasteiger partial charge in [0.25, 0.3) is 0 Å². The number of hydrogen-bond acceptors (Lipinski definition) is 8. The number of unbranched alkanes of at least 4 members (excludes halogenated alkanes) is 1. The predicted molar refractivity (Wildman–Crippen MR) is 115 cm³/mol. The number of nitrogens with zero attached hydrogens (tertiary/aromatic N) is 2. The average molecular weight is 449 g/mol. The molecule has 4 atom stereocenters. The largest absolute Gasteiger partial charge is 0.491 e. The van der Waals surface area contributed by atoms with Crippen LogP contribution in [-0.4, -0.2) is 53.0 Å². The lowest BCUT2D eigenvalue weighted by molar-refractivity contribution is -0.118. The minimum absolute atomic E-state index is 0.130. The molecule has 1 fully saturated rings. The van der Waals surface area contributed by atoms with Crippen molar-refractivity contribution in [1.82, 2.24) is 9.55 Å². The molecule has 1 aromatic carbocycles. The van der Waals surface area contributed by atoms with E-state index in [9.17, 15) is 9.90 Å². The molecule has 1 aromatic heterocycles. The number of methoxy groups -OCH3 is 1. The highest BCUT2D eigenvalue weighted by Gasteiger charge is 2.36. The van der Waals surface area contributed by atoms with Crippen LogP contribution >= 0.6 is 0 Å². The second-order valence-corrected chi connectivity index (χ2v) is 7.65. The number of aromatic nitrogens is 2. The molecule has 1 saturated heterocycles. The number of nitrogens with one attached hydrogen (secondary N) is 1. The smallest absolute Gasteiger partial charge is 0.351 e. The Labute approximate surface area is 187 Å². The second-order valence-electron chi connectivity index (χ2n) is 7.65. The Kier molecular flexibility index (Phi) is 5.83. The van der Waals surface area contributed by atoms with Gasteiger partial charge in [0.2, 0.25) is 5.84 Å². The molecule has 4 rings (SSSR count). The third-order valence-electron chi connectivity index (χ3n) is 5.26. The molecule has 2 aliphatic rings. The van der Waals surface area contributed by atoms with E-state index in [1.165, 1.54) is 10.8 Å². The molecule has 0 bridgehead atoms. The number of rotatable bonds is 9. The summed E-state index contributed by atoms with van der Waals surface area (Å²) in [6.45, 7) is 0.329. The van der Waals surface area contributed by atoms with Crippen molar-refractivity contribution in [2.75, 3.05) is 25.6 Å². The monoisotopic (exact) mass is 449 g/mol. The maximum atomic E-state index is 12.7. The molecular formula is C21H28N5O6+. The summed E-state index contributed by atoms with van der Waals surface area (Å²) >= 11 is 0. The maximum absolute atomic E-state index is 12.7. The topological polar surface area (TPSA) is 156 Å². The number of ether oxygens (including phenoxy) is 4. The molecule has 0 amide bonds. The van der Waals surface area contributed by atoms with Crippen LogP contribution in [0.2, 0.25) is 0 Å². The number of amidine groups is 1. The summed E-state index contributed by atoms with van der Waals surface area (Å²) in [5.74, 6) is 2.02. The van der Waals surface area contributed by atoms with Crippen molar-refractivity contribution in [3.63, 3.8) is 0 Å². The predicted octanol–water partition coefficient (Wildman–Crippen LogP) is 0.0528. The van der Waals surface area contributed by atoms with E-state index >= 15 is 0 Å². The van der Waals surface area contributed by atoms with Gasteiger partial charge in [-0.2, -0.15) is 4.98 Å². The lowest BCUT2D eigenvalue weighted by Crippen LogP contribution is -2.45. The molecule has 2 aliphatic heterocycles. The summed E-state index contributed by atoms with van der Waals surface area (Å²) in [5.41, 5.74) is 5.45. The van der Waals surface area contributed by atoms with Crippen LogP contribution in [0.15, 0.2) is 29.2 Å². The standard InChI is InChI=1S/C21H27N5O6/c1-29-11-16-12(27)9-18(32-16)26-10-15-20(25-21(26)28)24-19-13(5-4-6-14(19)31-15)30-8-3-2-7-17(22)23/h4-6,10,12,16,18,27H,2-3,7-9,11H2,1H3,(H3,22,23)(H,24,25,28)/p+1/t12?,16-,18-/m1/s1/i1TD/t1?,12?,16-,18-. The summed E-state index contributed by atoms with van der Waals surface area (Å²) < 4.78 is 37.9. The third kappa shape index (κ3) is 4.69. The maximum Gasteiger partial charge on any atom is 0.351 e. The van der Waals surface area contributed by atoms with Crippen LogP contribution in [0.4, 0.5) is 11.5 Å². The van der Waals surface area contributed by atoms with Gasteiger partial charge in [-0.15, -0.1) is 0 Å². The number of benzene rings is 1. The number of fused-ring (bicyclic) bond motifs is 2. The van der Waals surface area contributed by atoms with Gasteiger partial charge in [-0.05, 0) is 25.0 Å². The Balaban J connectivity index is 1.46. The Bertz CT molecular complexity index is 1100. The fraction of sp³-hybridized carbons (Fsp3) is 0.476. The quantitative estimate of drug-likeness (QED) is 0.201. The summed E-state index contributed by atoms with van der Waals surface area (Å²) in [6, 6.07) is 5.35. The van der Waals surface area contributed by atoms with Gasteiger partial charge >= 0.3 is 5.69 Å². The number of nitrogens with two attached hydrogens (primary N) is 2. The van der Waals surface area contributed by atoms with Gasteiger partial charge < -0.3 is 29.4 Å². The van der Waals surface area contributed by atoms with Gasteiger partial charge in [-0.1, -0.05) is 6.07 Å². The minimum atomic E-state index is -1.49. The van der Waals surface area contributed by atoms with E-state index in [4.69, 9.17) is 32.8 Å². The first-order valence-electron chi connectivity index (χ1n) is 11.5. The van der Waals surface area contributed by atoms with Crippen LogP contribution in [0.25, 0.3) is 0 Å². The van der Waals surface area contributed by atoms with Crippen molar-refractivity contribution in [2.45, 2.75) is 44.1 Å². The number of aliphatic hydroxyl groups is 1. The van der Waals surface area contributed by atoms with Crippen LogP contribution in [0, 0.1) is 0 Å². The summed E-state index contributed by atoms with van der Waals surface area (Å²) in [5, 5.41) is 18.8. The van der Waals surface area contributed by atoms with Crippen LogP contribution in [0.1, 0.15) is 34.7 Å². The molecule has 0 saturated carbocycles. The number of hydrogen-bond donors (Lipinski definition) is 4. The zero-order valence-electron chi connectivity index (χ0n) is 19.4. The molecule has 0 spiro atoms. The van der Waals surface area contributed by atoms with Crippen molar-refractivity contribution < 1.29 is 32.2 Å². The highest BCUT2D eigenvalue weighted by Crippen LogP contribution is 2.45. The first-order valence-corrected chi connectivity index (χ1v) is 10.3. The molecule has 6 N–H and O–H groups in total. The normalized spacial score (nSPS) is 23.1. The molecule has 11 heteroatoms. The molecule has 32 heavy (non-hydrogen) atoms. The van der Waals surface area contributed by atoms with Crippen LogP contribution < -0.4 is 31.6 Å². The van der Waals surface area contributed by atoms with Crippen molar-refractivity contribution in [3.05, 3.63) is 34.9 Å². The lowest BCUT2D eigenvalue weighted by Gasteiger charge is -2.24. The van der Waals surface area contributed by atoms with Crippen molar-refractivity contribution in [1.29, 1.82) is 0 Å². The van der Waals surface area contributed by atoms with Gasteiger partial charge in [0.1, 0.15) is 23.8 Å². The SMILES string of the molecule is [2H]C([3H])OC[C@H]1O[C@@H](n2cc3c(nc2=O)Nc2c(OCCCCC(N)=[NH2+])cccc2O3)CC1O. The highest BCUT2D eigenvalue weighted by atomic mass is 16.6. The van der Waals surface area contributed by atoms with E-state index < -0.39 is 31.2 Å². The summed E-state index contributed by atoms with van der Waals surface area (Å²) in [6.07, 6.45) is 1.35. The van der Waals surface area contributed by atoms with Gasteiger partial charge in [0, 0.05) is 19.9 Å². The zero-order valence-corrected chi connectivity index (χ0v) is 17.4. The van der Waals surface area contributed by atoms with E-state index in [1.807, 2.05) is 0 Å². The van der Waals surface area contributed by atoms with Gasteiger partial charge in [-0.25, -0.2) is 4.79 Å².